The van der Waals surface area contributed by atoms with Crippen molar-refractivity contribution in [3.63, 3.8) is 0 Å². The van der Waals surface area contributed by atoms with Crippen molar-refractivity contribution in [1.29, 1.82) is 5.26 Å². The second-order valence-corrected chi connectivity index (χ2v) is 7.47. The zero-order valence-corrected chi connectivity index (χ0v) is 17.3. The Hall–Kier alpha value is -3.30. The van der Waals surface area contributed by atoms with Crippen molar-refractivity contribution >= 4 is 23.4 Å². The number of para-hydroxylation sites is 1. The molecular weight excluding hydrogens is 382 g/mol. The summed E-state index contributed by atoms with van der Waals surface area (Å²) < 4.78 is 5.42. The number of methoxy groups -OCH3 is 1. The average molecular weight is 404 g/mol. The molecule has 146 valence electrons. The number of carbonyl (C=O) groups is 1. The Labute approximate surface area is 174 Å². The highest BCUT2D eigenvalue weighted by Crippen LogP contribution is 2.30. The third kappa shape index (κ3) is 4.95. The maximum Gasteiger partial charge on any atom is 0.257 e. The van der Waals surface area contributed by atoms with Crippen molar-refractivity contribution in [2.24, 2.45) is 0 Å². The Balaban J connectivity index is 1.83. The van der Waals surface area contributed by atoms with E-state index in [4.69, 9.17) is 4.74 Å². The summed E-state index contributed by atoms with van der Waals surface area (Å²) in [6.45, 7) is 3.80. The molecule has 0 saturated carbocycles. The Morgan fingerprint density at radius 2 is 1.93 bits per heavy atom. The minimum Gasteiger partial charge on any atom is -0.496 e. The largest absolute Gasteiger partial charge is 0.496 e. The lowest BCUT2D eigenvalue weighted by Crippen LogP contribution is -2.15. The number of amides is 1. The molecule has 0 fully saturated rings. The number of hydrogen-bond donors (Lipinski definition) is 1. The van der Waals surface area contributed by atoms with Gasteiger partial charge in [-0.25, -0.2) is 4.98 Å². The summed E-state index contributed by atoms with van der Waals surface area (Å²) in [6.07, 6.45) is 0. The van der Waals surface area contributed by atoms with Gasteiger partial charge >= 0.3 is 0 Å². The maximum absolute atomic E-state index is 12.6. The molecule has 3 rings (SSSR count). The van der Waals surface area contributed by atoms with Crippen LogP contribution in [0.5, 0.6) is 5.75 Å². The molecule has 3 aromatic rings. The van der Waals surface area contributed by atoms with Crippen LogP contribution in [0.3, 0.4) is 0 Å². The van der Waals surface area contributed by atoms with Crippen LogP contribution in [-0.4, -0.2) is 18.0 Å². The number of pyridine rings is 1. The summed E-state index contributed by atoms with van der Waals surface area (Å²) in [5, 5.41) is 13.0. The van der Waals surface area contributed by atoms with Gasteiger partial charge < -0.3 is 10.1 Å². The van der Waals surface area contributed by atoms with Crippen molar-refractivity contribution < 1.29 is 9.53 Å². The van der Waals surface area contributed by atoms with Gasteiger partial charge in [0.25, 0.3) is 5.91 Å². The highest BCUT2D eigenvalue weighted by Gasteiger charge is 2.16. The van der Waals surface area contributed by atoms with E-state index in [1.54, 1.807) is 20.1 Å². The molecule has 0 radical (unpaired) electrons. The summed E-state index contributed by atoms with van der Waals surface area (Å²) >= 11 is 1.46. The number of thioether (sulfide) groups is 1. The molecule has 0 atom stereocenters. The van der Waals surface area contributed by atoms with E-state index in [1.165, 1.54) is 11.8 Å². The Morgan fingerprint density at radius 1 is 1.17 bits per heavy atom. The minimum atomic E-state index is -0.283. The number of aryl methyl sites for hydroxylation is 2. The molecule has 0 saturated heterocycles. The van der Waals surface area contributed by atoms with Gasteiger partial charge in [-0.05, 0) is 38.1 Å². The molecule has 1 aromatic heterocycles. The first kappa shape index (κ1) is 20.4. The van der Waals surface area contributed by atoms with Gasteiger partial charge in [0.15, 0.2) is 0 Å². The predicted octanol–water partition coefficient (Wildman–Crippen LogP) is 5.12. The third-order valence-corrected chi connectivity index (χ3v) is 5.42. The van der Waals surface area contributed by atoms with Crippen LogP contribution in [0.15, 0.2) is 59.6 Å². The molecule has 0 aliphatic heterocycles. The lowest BCUT2D eigenvalue weighted by atomic mass is 10.1. The van der Waals surface area contributed by atoms with E-state index in [1.807, 2.05) is 49.4 Å². The molecule has 2 aromatic carbocycles. The fraction of sp³-hybridized carbons (Fsp3) is 0.174. The van der Waals surface area contributed by atoms with Gasteiger partial charge in [0, 0.05) is 17.0 Å². The number of aromatic nitrogens is 1. The second-order valence-electron chi connectivity index (χ2n) is 6.51. The topological polar surface area (TPSA) is 75.0 Å². The van der Waals surface area contributed by atoms with Crippen LogP contribution in [0.2, 0.25) is 0 Å². The zero-order valence-electron chi connectivity index (χ0n) is 16.5. The SMILES string of the molecule is COc1ccc(C)cc1CSc1nc(C)c(C(=O)Nc2ccccc2)cc1C#N. The Bertz CT molecular complexity index is 1080. The first-order valence-electron chi connectivity index (χ1n) is 9.06. The first-order chi connectivity index (χ1) is 14.0. The molecule has 29 heavy (non-hydrogen) atoms. The molecule has 1 N–H and O–H groups in total. The molecule has 0 aliphatic carbocycles. The molecule has 0 spiro atoms. The van der Waals surface area contributed by atoms with Crippen molar-refractivity contribution in [3.8, 4) is 11.8 Å². The van der Waals surface area contributed by atoms with Gasteiger partial charge in [-0.1, -0.05) is 35.9 Å². The van der Waals surface area contributed by atoms with Crippen LogP contribution in [0.1, 0.15) is 32.7 Å². The number of nitriles is 1. The van der Waals surface area contributed by atoms with Crippen molar-refractivity contribution in [3.05, 3.63) is 82.5 Å². The number of rotatable bonds is 6. The monoisotopic (exact) mass is 403 g/mol. The first-order valence-corrected chi connectivity index (χ1v) is 10.0. The number of hydrogen-bond acceptors (Lipinski definition) is 5. The van der Waals surface area contributed by atoms with Crippen molar-refractivity contribution in [1.82, 2.24) is 4.98 Å². The number of carbonyl (C=O) groups excluding carboxylic acids is 1. The molecule has 1 amide bonds. The standard InChI is InChI=1S/C23H21N3O2S/c1-15-9-10-21(28-3)18(11-15)14-29-23-17(13-24)12-20(16(2)25-23)22(27)26-19-7-5-4-6-8-19/h4-12H,14H2,1-3H3,(H,26,27). The van der Waals surface area contributed by atoms with Crippen LogP contribution in [0.4, 0.5) is 5.69 Å². The molecular formula is C23H21N3O2S. The van der Waals surface area contributed by atoms with Crippen molar-refractivity contribution in [2.75, 3.05) is 12.4 Å². The van der Waals surface area contributed by atoms with Crippen LogP contribution < -0.4 is 10.1 Å². The van der Waals surface area contributed by atoms with E-state index in [0.717, 1.165) is 16.9 Å². The van der Waals surface area contributed by atoms with Gasteiger partial charge in [0.2, 0.25) is 0 Å². The lowest BCUT2D eigenvalue weighted by Gasteiger charge is -2.12. The Morgan fingerprint density at radius 3 is 2.62 bits per heavy atom. The smallest absolute Gasteiger partial charge is 0.257 e. The number of nitrogens with zero attached hydrogens (tertiary/aromatic N) is 2. The average Bonchev–Trinajstić information content (AvgIpc) is 2.73. The van der Waals surface area contributed by atoms with E-state index in [0.29, 0.717) is 33.3 Å². The van der Waals surface area contributed by atoms with E-state index >= 15 is 0 Å². The molecule has 0 bridgehead atoms. The molecule has 0 unspecified atom stereocenters. The molecule has 1 heterocycles. The van der Waals surface area contributed by atoms with Gasteiger partial charge in [-0.15, -0.1) is 11.8 Å². The van der Waals surface area contributed by atoms with Gasteiger partial charge in [-0.2, -0.15) is 5.26 Å². The number of ether oxygens (including phenoxy) is 1. The highest BCUT2D eigenvalue weighted by molar-refractivity contribution is 7.98. The van der Waals surface area contributed by atoms with Gasteiger partial charge in [-0.3, -0.25) is 4.79 Å². The fourth-order valence-electron chi connectivity index (χ4n) is 2.89. The maximum atomic E-state index is 12.6. The summed E-state index contributed by atoms with van der Waals surface area (Å²) in [7, 11) is 1.64. The summed E-state index contributed by atoms with van der Waals surface area (Å²) in [5.41, 5.74) is 4.22. The summed E-state index contributed by atoms with van der Waals surface area (Å²) in [4.78, 5) is 17.2. The van der Waals surface area contributed by atoms with Gasteiger partial charge in [0.1, 0.15) is 16.8 Å². The number of nitrogens with one attached hydrogen (secondary N) is 1. The Kier molecular flexibility index (Phi) is 6.53. The van der Waals surface area contributed by atoms with Crippen molar-refractivity contribution in [2.45, 2.75) is 24.6 Å². The summed E-state index contributed by atoms with van der Waals surface area (Å²) in [5.74, 6) is 1.13. The van der Waals surface area contributed by atoms with E-state index < -0.39 is 0 Å². The molecule has 0 aliphatic rings. The molecule has 5 nitrogen and oxygen atoms in total. The zero-order chi connectivity index (χ0) is 20.8. The molecule has 6 heteroatoms. The highest BCUT2D eigenvalue weighted by atomic mass is 32.2. The van der Waals surface area contributed by atoms with Gasteiger partial charge in [0.05, 0.1) is 23.9 Å². The van der Waals surface area contributed by atoms with Crippen LogP contribution in [0.25, 0.3) is 0 Å². The van der Waals surface area contributed by atoms with Crippen LogP contribution in [0, 0.1) is 25.2 Å². The lowest BCUT2D eigenvalue weighted by molar-refractivity contribution is 0.102. The number of anilines is 1. The quantitative estimate of drug-likeness (QED) is 0.578. The van der Waals surface area contributed by atoms with E-state index in [2.05, 4.69) is 22.4 Å². The van der Waals surface area contributed by atoms with Crippen LogP contribution in [-0.2, 0) is 5.75 Å². The predicted molar refractivity (Wildman–Crippen MR) is 115 cm³/mol. The second kappa shape index (κ2) is 9.26. The third-order valence-electron chi connectivity index (χ3n) is 4.38. The van der Waals surface area contributed by atoms with Crippen LogP contribution >= 0.6 is 11.8 Å². The van der Waals surface area contributed by atoms with E-state index in [-0.39, 0.29) is 5.91 Å². The summed E-state index contributed by atoms with van der Waals surface area (Å²) in [6, 6.07) is 19.0. The minimum absolute atomic E-state index is 0.283. The normalized spacial score (nSPS) is 10.3. The van der Waals surface area contributed by atoms with E-state index in [9.17, 15) is 10.1 Å². The number of benzene rings is 2. The fourth-order valence-corrected chi connectivity index (χ4v) is 3.87.